The van der Waals surface area contributed by atoms with Crippen molar-refractivity contribution >= 4 is 0 Å². The second-order valence-corrected chi connectivity index (χ2v) is 4.57. The summed E-state index contributed by atoms with van der Waals surface area (Å²) in [6, 6.07) is 8.53. The predicted octanol–water partition coefficient (Wildman–Crippen LogP) is 3.37. The summed E-state index contributed by atoms with van der Waals surface area (Å²) in [5.74, 6) is 0.853. The maximum absolute atomic E-state index is 9.99. The first-order chi connectivity index (χ1) is 6.70. The highest BCUT2D eigenvalue weighted by molar-refractivity contribution is 5.34. The molecule has 0 bridgehead atoms. The number of hydrogen-bond acceptors (Lipinski definition) is 1. The molecule has 1 aliphatic rings. The Morgan fingerprint density at radius 1 is 1.27 bits per heavy atom. The Bertz CT molecular complexity index is 317. The van der Waals surface area contributed by atoms with Crippen molar-refractivity contribution in [3.05, 3.63) is 35.4 Å². The van der Waals surface area contributed by atoms with Gasteiger partial charge in [0.25, 0.3) is 0 Å². The van der Waals surface area contributed by atoms with E-state index in [1.807, 2.05) is 0 Å². The summed E-state index contributed by atoms with van der Waals surface area (Å²) >= 11 is 0. The van der Waals surface area contributed by atoms with Crippen LogP contribution in [0.3, 0.4) is 0 Å². The van der Waals surface area contributed by atoms with Gasteiger partial charge in [-0.25, -0.2) is 0 Å². The molecule has 1 N–H and O–H groups in total. The Morgan fingerprint density at radius 2 is 1.93 bits per heavy atom. The highest BCUT2D eigenvalue weighted by atomic mass is 16.3. The van der Waals surface area contributed by atoms with Gasteiger partial charge in [-0.3, -0.25) is 0 Å². The van der Waals surface area contributed by atoms with Crippen molar-refractivity contribution in [3.8, 4) is 0 Å². The van der Waals surface area contributed by atoms with Crippen LogP contribution in [-0.2, 0) is 6.42 Å². The molecule has 0 amide bonds. The number of benzene rings is 1. The van der Waals surface area contributed by atoms with Crippen molar-refractivity contribution in [1.82, 2.24) is 0 Å². The molecule has 0 fully saturated rings. The lowest BCUT2D eigenvalue weighted by Crippen LogP contribution is -2.28. The number of hydrogen-bond donors (Lipinski definition) is 1. The van der Waals surface area contributed by atoms with Gasteiger partial charge in [0.15, 0.2) is 0 Å². The highest BCUT2D eigenvalue weighted by Crippen LogP contribution is 2.36. The van der Waals surface area contributed by atoms with E-state index in [2.05, 4.69) is 38.1 Å². The fraction of sp³-hybridized carbons (Fsp3) is 0.571. The van der Waals surface area contributed by atoms with E-state index >= 15 is 0 Å². The number of aliphatic hydroxyl groups excluding tert-OH is 1. The van der Waals surface area contributed by atoms with Crippen LogP contribution in [0.4, 0.5) is 0 Å². The maximum atomic E-state index is 9.99. The molecule has 1 heteroatoms. The monoisotopic (exact) mass is 206 g/mol. The van der Waals surface area contributed by atoms with E-state index in [9.17, 15) is 5.11 Å². The number of fused-ring (bicyclic) bond motifs is 1. The molecular weight excluding hydrogens is 184 g/mol. The van der Waals surface area contributed by atoms with Gasteiger partial charge in [-0.1, -0.05) is 45.5 Å². The van der Waals surface area contributed by atoms with Crippen LogP contribution in [0.15, 0.2) is 24.3 Å². The first kappa shape index (κ1) is 12.3. The Hall–Kier alpha value is -0.820. The molecule has 1 aromatic rings. The van der Waals surface area contributed by atoms with Crippen LogP contribution >= 0.6 is 0 Å². The molecule has 1 nitrogen and oxygen atoms in total. The van der Waals surface area contributed by atoms with Gasteiger partial charge in [-0.05, 0) is 29.9 Å². The Morgan fingerprint density at radius 3 is 2.60 bits per heavy atom. The first-order valence-corrected chi connectivity index (χ1v) is 5.46. The summed E-state index contributed by atoms with van der Waals surface area (Å²) in [4.78, 5) is 0. The van der Waals surface area contributed by atoms with E-state index in [-0.39, 0.29) is 13.5 Å². The van der Waals surface area contributed by atoms with Gasteiger partial charge in [0.2, 0.25) is 0 Å². The smallest absolute Gasteiger partial charge is 0.0614 e. The molecule has 84 valence electrons. The predicted molar refractivity (Wildman–Crippen MR) is 65.1 cm³/mol. The van der Waals surface area contributed by atoms with Crippen molar-refractivity contribution in [2.45, 2.75) is 46.1 Å². The molecule has 0 saturated carbocycles. The summed E-state index contributed by atoms with van der Waals surface area (Å²) in [5.41, 5.74) is 2.79. The maximum Gasteiger partial charge on any atom is 0.0614 e. The Balaban J connectivity index is 0.00000112. The van der Waals surface area contributed by atoms with Crippen molar-refractivity contribution in [3.63, 3.8) is 0 Å². The minimum atomic E-state index is -0.148. The molecule has 0 aliphatic heterocycles. The van der Waals surface area contributed by atoms with Crippen molar-refractivity contribution in [1.29, 1.82) is 0 Å². The van der Waals surface area contributed by atoms with Gasteiger partial charge in [0.1, 0.15) is 0 Å². The van der Waals surface area contributed by atoms with E-state index in [1.54, 1.807) is 0 Å². The Kier molecular flexibility index (Phi) is 3.92. The molecule has 0 spiro atoms. The molecule has 0 saturated heterocycles. The van der Waals surface area contributed by atoms with Crippen molar-refractivity contribution < 1.29 is 5.11 Å². The van der Waals surface area contributed by atoms with Crippen LogP contribution in [0.2, 0.25) is 0 Å². The molecule has 0 radical (unpaired) electrons. The van der Waals surface area contributed by atoms with Gasteiger partial charge in [-0.15, -0.1) is 0 Å². The largest absolute Gasteiger partial charge is 0.392 e. The van der Waals surface area contributed by atoms with Crippen LogP contribution in [0, 0.1) is 5.92 Å². The Labute approximate surface area is 93.1 Å². The minimum Gasteiger partial charge on any atom is -0.392 e. The average molecular weight is 206 g/mol. The van der Waals surface area contributed by atoms with E-state index in [1.165, 1.54) is 11.1 Å². The van der Waals surface area contributed by atoms with Gasteiger partial charge in [0.05, 0.1) is 6.10 Å². The third-order valence-corrected chi connectivity index (χ3v) is 3.26. The summed E-state index contributed by atoms with van der Waals surface area (Å²) in [7, 11) is 0. The molecule has 1 aromatic carbocycles. The zero-order chi connectivity index (χ0) is 10.1. The molecule has 2 rings (SSSR count). The minimum absolute atomic E-state index is 0. The molecule has 0 heterocycles. The van der Waals surface area contributed by atoms with Crippen molar-refractivity contribution in [2.75, 3.05) is 0 Å². The van der Waals surface area contributed by atoms with Gasteiger partial charge < -0.3 is 5.11 Å². The first-order valence-electron chi connectivity index (χ1n) is 5.46. The lowest BCUT2D eigenvalue weighted by Gasteiger charge is -2.33. The van der Waals surface area contributed by atoms with Crippen LogP contribution in [0.1, 0.15) is 44.7 Å². The SMILES string of the molecule is C.CC(C)C1c2ccccc2CCC1O. The number of rotatable bonds is 1. The van der Waals surface area contributed by atoms with E-state index in [0.717, 1.165) is 12.8 Å². The van der Waals surface area contributed by atoms with Gasteiger partial charge >= 0.3 is 0 Å². The molecular formula is C14H22O. The average Bonchev–Trinajstić information content (AvgIpc) is 2.17. The van der Waals surface area contributed by atoms with Crippen LogP contribution in [0.5, 0.6) is 0 Å². The number of aliphatic hydroxyl groups is 1. The fourth-order valence-electron chi connectivity index (χ4n) is 2.58. The summed E-state index contributed by atoms with van der Waals surface area (Å²) in [5, 5.41) is 9.99. The highest BCUT2D eigenvalue weighted by Gasteiger charge is 2.29. The zero-order valence-electron chi connectivity index (χ0n) is 8.90. The third-order valence-electron chi connectivity index (χ3n) is 3.26. The third kappa shape index (κ3) is 2.23. The molecule has 2 atom stereocenters. The lowest BCUT2D eigenvalue weighted by atomic mass is 9.75. The second kappa shape index (κ2) is 4.80. The standard InChI is InChI=1S/C13H18O.CH4/c1-9(2)13-11-6-4-3-5-10(11)7-8-12(13)14;/h3-6,9,12-14H,7-8H2,1-2H3;1H4. The quantitative estimate of drug-likeness (QED) is 0.747. The molecule has 0 aromatic heterocycles. The van der Waals surface area contributed by atoms with Crippen LogP contribution in [-0.4, -0.2) is 11.2 Å². The van der Waals surface area contributed by atoms with Crippen molar-refractivity contribution in [2.24, 2.45) is 5.92 Å². The molecule has 2 unspecified atom stereocenters. The van der Waals surface area contributed by atoms with E-state index < -0.39 is 0 Å². The second-order valence-electron chi connectivity index (χ2n) is 4.57. The van der Waals surface area contributed by atoms with Gasteiger partial charge in [0, 0.05) is 5.92 Å². The van der Waals surface area contributed by atoms with Crippen LogP contribution < -0.4 is 0 Å². The molecule has 1 aliphatic carbocycles. The summed E-state index contributed by atoms with van der Waals surface area (Å²) in [6.45, 7) is 4.38. The fourth-order valence-corrected chi connectivity index (χ4v) is 2.58. The zero-order valence-corrected chi connectivity index (χ0v) is 8.90. The van der Waals surface area contributed by atoms with E-state index in [4.69, 9.17) is 0 Å². The summed E-state index contributed by atoms with van der Waals surface area (Å²) in [6.07, 6.45) is 1.80. The van der Waals surface area contributed by atoms with Crippen LogP contribution in [0.25, 0.3) is 0 Å². The van der Waals surface area contributed by atoms with E-state index in [0.29, 0.717) is 11.8 Å². The molecule has 15 heavy (non-hydrogen) atoms. The summed E-state index contributed by atoms with van der Waals surface area (Å²) < 4.78 is 0. The lowest BCUT2D eigenvalue weighted by molar-refractivity contribution is 0.106. The normalized spacial score (nSPS) is 24.5. The number of aryl methyl sites for hydroxylation is 1. The topological polar surface area (TPSA) is 20.2 Å². The van der Waals surface area contributed by atoms with Gasteiger partial charge in [-0.2, -0.15) is 0 Å².